The summed E-state index contributed by atoms with van der Waals surface area (Å²) < 4.78 is 17.9. The fraction of sp³-hybridized carbons (Fsp3) is 0.833. The Morgan fingerprint density at radius 3 is 2.41 bits per heavy atom. The van der Waals surface area contributed by atoms with Crippen LogP contribution >= 0.6 is 0 Å². The van der Waals surface area contributed by atoms with Crippen LogP contribution in [0.25, 0.3) is 0 Å². The van der Waals surface area contributed by atoms with E-state index in [-0.39, 0.29) is 24.4 Å². The summed E-state index contributed by atoms with van der Waals surface area (Å²) in [6.45, 7) is 7.95. The van der Waals surface area contributed by atoms with E-state index in [2.05, 4.69) is 4.74 Å². The summed E-state index contributed by atoms with van der Waals surface area (Å²) in [6, 6.07) is 0. The number of unbranched alkanes of at least 4 members (excludes halogenated alkanes) is 1. The standard InChI is InChI=1S/C14H23FO3.2C2H6/c1-18-14(17)7-5-3-2-4-6-11-8-9-13(15)12(11)10-16;2*1-2/h2,4,11-13,16H,3,5-10H2,1H3;2*1-2H3/b4-2-;;/t11-,12?,13?;;/m0../s1. The Morgan fingerprint density at radius 1 is 1.23 bits per heavy atom. The van der Waals surface area contributed by atoms with Crippen molar-refractivity contribution in [2.75, 3.05) is 13.7 Å². The molecular formula is C18H35FO3. The first-order chi connectivity index (χ1) is 10.7. The molecule has 1 aliphatic rings. The van der Waals surface area contributed by atoms with Gasteiger partial charge in [-0.3, -0.25) is 4.79 Å². The second kappa shape index (κ2) is 16.5. The van der Waals surface area contributed by atoms with Crippen LogP contribution in [0.3, 0.4) is 0 Å². The Hall–Kier alpha value is -0.900. The Bertz CT molecular complexity index is 280. The number of alkyl halides is 1. The minimum absolute atomic E-state index is 0.0536. The zero-order valence-corrected chi connectivity index (χ0v) is 15.0. The number of hydrogen-bond acceptors (Lipinski definition) is 3. The predicted molar refractivity (Wildman–Crippen MR) is 90.5 cm³/mol. The Balaban J connectivity index is 0. The smallest absolute Gasteiger partial charge is 0.305 e. The molecule has 22 heavy (non-hydrogen) atoms. The number of allylic oxidation sites excluding steroid dienone is 2. The highest BCUT2D eigenvalue weighted by Gasteiger charge is 2.34. The molecule has 0 radical (unpaired) electrons. The van der Waals surface area contributed by atoms with Crippen molar-refractivity contribution in [3.63, 3.8) is 0 Å². The number of hydrogen-bond donors (Lipinski definition) is 1. The summed E-state index contributed by atoms with van der Waals surface area (Å²) in [7, 11) is 1.39. The molecule has 1 saturated carbocycles. The molecule has 0 heterocycles. The highest BCUT2D eigenvalue weighted by Crippen LogP contribution is 2.36. The molecule has 1 rings (SSSR count). The lowest BCUT2D eigenvalue weighted by Gasteiger charge is -2.16. The predicted octanol–water partition coefficient (Wildman–Crippen LogP) is 4.69. The molecular weight excluding hydrogens is 283 g/mol. The monoisotopic (exact) mass is 318 g/mol. The first-order valence-electron chi connectivity index (χ1n) is 8.65. The Morgan fingerprint density at radius 2 is 1.86 bits per heavy atom. The van der Waals surface area contributed by atoms with Gasteiger partial charge in [-0.2, -0.15) is 0 Å². The molecule has 0 saturated heterocycles. The molecule has 2 unspecified atom stereocenters. The van der Waals surface area contributed by atoms with Crippen LogP contribution in [0.5, 0.6) is 0 Å². The highest BCUT2D eigenvalue weighted by atomic mass is 19.1. The van der Waals surface area contributed by atoms with Crippen molar-refractivity contribution in [1.82, 2.24) is 0 Å². The van der Waals surface area contributed by atoms with Gasteiger partial charge in [-0.1, -0.05) is 39.8 Å². The number of carbonyl (C=O) groups excluding carboxylic acids is 1. The van der Waals surface area contributed by atoms with Crippen LogP contribution in [0.15, 0.2) is 12.2 Å². The van der Waals surface area contributed by atoms with Gasteiger partial charge < -0.3 is 9.84 Å². The first kappa shape index (κ1) is 23.4. The van der Waals surface area contributed by atoms with E-state index < -0.39 is 6.17 Å². The third kappa shape index (κ3) is 9.93. The van der Waals surface area contributed by atoms with Crippen LogP contribution in [0.4, 0.5) is 4.39 Å². The first-order valence-corrected chi connectivity index (χ1v) is 8.65. The summed E-state index contributed by atoms with van der Waals surface area (Å²) in [5.41, 5.74) is 0. The maximum absolute atomic E-state index is 13.4. The molecule has 1 N–H and O–H groups in total. The van der Waals surface area contributed by atoms with Crippen molar-refractivity contribution in [2.24, 2.45) is 11.8 Å². The molecule has 132 valence electrons. The lowest BCUT2D eigenvalue weighted by atomic mass is 9.93. The summed E-state index contributed by atoms with van der Waals surface area (Å²) >= 11 is 0. The van der Waals surface area contributed by atoms with Crippen molar-refractivity contribution < 1.29 is 19.0 Å². The van der Waals surface area contributed by atoms with Crippen LogP contribution in [0, 0.1) is 11.8 Å². The summed E-state index contributed by atoms with van der Waals surface area (Å²) in [6.07, 6.45) is 7.55. The molecule has 1 aliphatic carbocycles. The van der Waals surface area contributed by atoms with Crippen molar-refractivity contribution in [2.45, 2.75) is 72.4 Å². The lowest BCUT2D eigenvalue weighted by Crippen LogP contribution is -2.19. The van der Waals surface area contributed by atoms with Gasteiger partial charge in [-0.05, 0) is 38.0 Å². The normalized spacial score (nSPS) is 23.3. The number of carbonyl (C=O) groups is 1. The largest absolute Gasteiger partial charge is 0.469 e. The van der Waals surface area contributed by atoms with E-state index in [0.29, 0.717) is 12.8 Å². The van der Waals surface area contributed by atoms with E-state index in [9.17, 15) is 9.18 Å². The number of methoxy groups -OCH3 is 1. The molecule has 0 aliphatic heterocycles. The third-order valence-electron chi connectivity index (χ3n) is 3.68. The fourth-order valence-corrected chi connectivity index (χ4v) is 2.51. The van der Waals surface area contributed by atoms with Crippen LogP contribution in [-0.4, -0.2) is 31.0 Å². The van der Waals surface area contributed by atoms with Gasteiger partial charge in [0, 0.05) is 18.9 Å². The van der Waals surface area contributed by atoms with Gasteiger partial charge in [0.25, 0.3) is 0 Å². The average molecular weight is 318 g/mol. The van der Waals surface area contributed by atoms with Gasteiger partial charge in [-0.15, -0.1) is 0 Å². The summed E-state index contributed by atoms with van der Waals surface area (Å²) in [5.74, 6) is -0.105. The Labute approximate surface area is 135 Å². The second-order valence-electron chi connectivity index (χ2n) is 4.88. The number of aliphatic hydroxyl groups excluding tert-OH is 1. The number of aliphatic hydroxyl groups is 1. The van der Waals surface area contributed by atoms with Crippen LogP contribution in [-0.2, 0) is 9.53 Å². The van der Waals surface area contributed by atoms with E-state index in [1.54, 1.807) is 0 Å². The van der Waals surface area contributed by atoms with Gasteiger partial charge in [0.2, 0.25) is 0 Å². The fourth-order valence-electron chi connectivity index (χ4n) is 2.51. The van der Waals surface area contributed by atoms with Gasteiger partial charge >= 0.3 is 5.97 Å². The molecule has 0 bridgehead atoms. The van der Waals surface area contributed by atoms with Crippen molar-refractivity contribution >= 4 is 5.97 Å². The van der Waals surface area contributed by atoms with E-state index in [4.69, 9.17) is 5.11 Å². The number of halogens is 1. The van der Waals surface area contributed by atoms with Crippen molar-refractivity contribution in [1.29, 1.82) is 0 Å². The van der Waals surface area contributed by atoms with Crippen molar-refractivity contribution in [3.8, 4) is 0 Å². The minimum Gasteiger partial charge on any atom is -0.469 e. The molecule has 0 aromatic carbocycles. The molecule has 0 spiro atoms. The molecule has 0 aromatic rings. The zero-order chi connectivity index (χ0) is 17.4. The molecule has 3 atom stereocenters. The quantitative estimate of drug-likeness (QED) is 0.421. The van der Waals surface area contributed by atoms with E-state index in [1.165, 1.54) is 7.11 Å². The SMILES string of the molecule is CC.CC.COC(=O)CCC/C=C\C[C@H]1CCC(F)C1CO. The van der Waals surface area contributed by atoms with Gasteiger partial charge in [0.1, 0.15) is 6.17 Å². The maximum Gasteiger partial charge on any atom is 0.305 e. The van der Waals surface area contributed by atoms with E-state index >= 15 is 0 Å². The summed E-state index contributed by atoms with van der Waals surface area (Å²) in [4.78, 5) is 10.9. The highest BCUT2D eigenvalue weighted by molar-refractivity contribution is 5.68. The number of ether oxygens (including phenoxy) is 1. The maximum atomic E-state index is 13.4. The second-order valence-corrected chi connectivity index (χ2v) is 4.88. The lowest BCUT2D eigenvalue weighted by molar-refractivity contribution is -0.140. The zero-order valence-electron chi connectivity index (χ0n) is 15.0. The van der Waals surface area contributed by atoms with Gasteiger partial charge in [0.15, 0.2) is 0 Å². The van der Waals surface area contributed by atoms with Gasteiger partial charge in [0.05, 0.1) is 7.11 Å². The molecule has 0 amide bonds. The topological polar surface area (TPSA) is 46.5 Å². The molecule has 1 fully saturated rings. The van der Waals surface area contributed by atoms with Crippen molar-refractivity contribution in [3.05, 3.63) is 12.2 Å². The molecule has 3 nitrogen and oxygen atoms in total. The van der Waals surface area contributed by atoms with Crippen LogP contribution in [0.2, 0.25) is 0 Å². The third-order valence-corrected chi connectivity index (χ3v) is 3.68. The van der Waals surface area contributed by atoms with Crippen LogP contribution in [0.1, 0.15) is 66.2 Å². The van der Waals surface area contributed by atoms with E-state index in [0.717, 1.165) is 25.7 Å². The molecule has 4 heteroatoms. The van der Waals surface area contributed by atoms with E-state index in [1.807, 2.05) is 39.8 Å². The number of esters is 1. The number of rotatable bonds is 7. The molecule has 0 aromatic heterocycles. The van der Waals surface area contributed by atoms with Crippen LogP contribution < -0.4 is 0 Å². The Kier molecular flexibility index (Phi) is 17.5. The average Bonchev–Trinajstić information content (AvgIpc) is 2.94. The summed E-state index contributed by atoms with van der Waals surface area (Å²) in [5, 5.41) is 9.12. The minimum atomic E-state index is -0.840. The van der Waals surface area contributed by atoms with Gasteiger partial charge in [-0.25, -0.2) is 4.39 Å².